The summed E-state index contributed by atoms with van der Waals surface area (Å²) in [6, 6.07) is 14.8. The molecule has 1 aliphatic rings. The standard InChI is InChI=1S/C26H29N5OS/c1-16(19-6-9-23-22(13-19)25(26(27)32)29-30(23)3)12-18-4-7-21(8-5-18)31-15-20(14-28-31)17(2)24-10-11-33-24/h4-9,13-17,24H,10-12H2,1-3H3,(H2,27,32). The monoisotopic (exact) mass is 459 g/mol. The molecule has 3 heterocycles. The Morgan fingerprint density at radius 1 is 1.18 bits per heavy atom. The maximum atomic E-state index is 11.8. The summed E-state index contributed by atoms with van der Waals surface area (Å²) in [4.78, 5) is 11.8. The average Bonchev–Trinajstić information content (AvgIpc) is 3.38. The second-order valence-corrected chi connectivity index (χ2v) is 10.4. The van der Waals surface area contributed by atoms with Gasteiger partial charge in [0.05, 0.1) is 17.4 Å². The number of carbonyl (C=O) groups is 1. The summed E-state index contributed by atoms with van der Waals surface area (Å²) < 4.78 is 3.68. The van der Waals surface area contributed by atoms with Gasteiger partial charge in [-0.25, -0.2) is 4.68 Å². The number of rotatable bonds is 7. The fraction of sp³-hybridized carbons (Fsp3) is 0.346. The maximum absolute atomic E-state index is 11.8. The molecule has 1 saturated heterocycles. The highest BCUT2D eigenvalue weighted by Crippen LogP contribution is 2.39. The smallest absolute Gasteiger partial charge is 0.269 e. The molecule has 0 spiro atoms. The zero-order valence-corrected chi connectivity index (χ0v) is 20.0. The molecule has 1 fully saturated rings. The highest BCUT2D eigenvalue weighted by molar-refractivity contribution is 8.01. The Morgan fingerprint density at radius 3 is 2.61 bits per heavy atom. The maximum Gasteiger partial charge on any atom is 0.269 e. The first-order valence-corrected chi connectivity index (χ1v) is 12.5. The Labute approximate surface area is 198 Å². The van der Waals surface area contributed by atoms with E-state index in [1.165, 1.54) is 28.9 Å². The van der Waals surface area contributed by atoms with Crippen molar-refractivity contribution in [1.29, 1.82) is 0 Å². The predicted octanol–water partition coefficient (Wildman–Crippen LogP) is 4.81. The molecular weight excluding hydrogens is 430 g/mol. The van der Waals surface area contributed by atoms with Crippen LogP contribution in [0.2, 0.25) is 0 Å². The van der Waals surface area contributed by atoms with E-state index in [1.54, 1.807) is 4.68 Å². The number of primary amides is 1. The molecule has 2 aromatic carbocycles. The van der Waals surface area contributed by atoms with Crippen LogP contribution in [-0.4, -0.2) is 36.5 Å². The van der Waals surface area contributed by atoms with E-state index in [2.05, 4.69) is 72.3 Å². The van der Waals surface area contributed by atoms with Crippen LogP contribution >= 0.6 is 11.8 Å². The molecule has 6 nitrogen and oxygen atoms in total. The van der Waals surface area contributed by atoms with Gasteiger partial charge in [-0.3, -0.25) is 9.48 Å². The fourth-order valence-corrected chi connectivity index (χ4v) is 5.56. The lowest BCUT2D eigenvalue weighted by Crippen LogP contribution is -2.21. The molecule has 1 amide bonds. The van der Waals surface area contributed by atoms with Crippen molar-refractivity contribution >= 4 is 28.6 Å². The molecule has 7 heteroatoms. The Balaban J connectivity index is 1.31. The van der Waals surface area contributed by atoms with Crippen LogP contribution in [-0.2, 0) is 13.5 Å². The molecule has 170 valence electrons. The number of hydrogen-bond acceptors (Lipinski definition) is 4. The van der Waals surface area contributed by atoms with Crippen LogP contribution in [0.5, 0.6) is 0 Å². The van der Waals surface area contributed by atoms with Gasteiger partial charge in [-0.1, -0.05) is 32.0 Å². The molecule has 2 aromatic heterocycles. The van der Waals surface area contributed by atoms with Gasteiger partial charge in [0.1, 0.15) is 0 Å². The number of nitrogens with zero attached hydrogens (tertiary/aromatic N) is 4. The van der Waals surface area contributed by atoms with E-state index in [0.717, 1.165) is 28.3 Å². The van der Waals surface area contributed by atoms with Crippen molar-refractivity contribution in [3.63, 3.8) is 0 Å². The van der Waals surface area contributed by atoms with Crippen molar-refractivity contribution in [2.45, 2.75) is 43.8 Å². The Hall–Kier alpha value is -3.06. The van der Waals surface area contributed by atoms with Crippen LogP contribution in [0.1, 0.15) is 59.3 Å². The van der Waals surface area contributed by atoms with E-state index >= 15 is 0 Å². The zero-order chi connectivity index (χ0) is 23.1. The summed E-state index contributed by atoms with van der Waals surface area (Å²) >= 11 is 2.06. The van der Waals surface area contributed by atoms with Crippen molar-refractivity contribution in [3.8, 4) is 5.69 Å². The number of benzene rings is 2. The minimum absolute atomic E-state index is 0.290. The Morgan fingerprint density at radius 2 is 1.94 bits per heavy atom. The van der Waals surface area contributed by atoms with Crippen LogP contribution in [0, 0.1) is 0 Å². The van der Waals surface area contributed by atoms with Crippen LogP contribution in [0.15, 0.2) is 54.9 Å². The van der Waals surface area contributed by atoms with Gasteiger partial charge in [0.25, 0.3) is 5.91 Å². The summed E-state index contributed by atoms with van der Waals surface area (Å²) in [5.41, 5.74) is 11.6. The first-order chi connectivity index (χ1) is 15.9. The lowest BCUT2D eigenvalue weighted by Gasteiger charge is -2.30. The highest BCUT2D eigenvalue weighted by atomic mass is 32.2. The van der Waals surface area contributed by atoms with Gasteiger partial charge in [-0.2, -0.15) is 22.0 Å². The van der Waals surface area contributed by atoms with E-state index in [9.17, 15) is 4.79 Å². The van der Waals surface area contributed by atoms with E-state index in [-0.39, 0.29) is 0 Å². The number of thioether (sulfide) groups is 1. The Kier molecular flexibility index (Phi) is 5.74. The van der Waals surface area contributed by atoms with Crippen molar-refractivity contribution in [3.05, 3.63) is 77.2 Å². The minimum atomic E-state index is -0.497. The van der Waals surface area contributed by atoms with E-state index in [4.69, 9.17) is 5.73 Å². The lowest BCUT2D eigenvalue weighted by molar-refractivity contribution is 0.0996. The van der Waals surface area contributed by atoms with Gasteiger partial charge in [0.15, 0.2) is 5.69 Å². The van der Waals surface area contributed by atoms with Gasteiger partial charge in [-0.15, -0.1) is 0 Å². The van der Waals surface area contributed by atoms with Crippen LogP contribution in [0.3, 0.4) is 0 Å². The third-order valence-corrected chi connectivity index (χ3v) is 8.38. The SMILES string of the molecule is CC(Cc1ccc(-n2cc(C(C)C3CCS3)cn2)cc1)c1ccc2c(c1)c(C(N)=O)nn2C. The number of aromatic nitrogens is 4. The molecule has 1 aliphatic heterocycles. The van der Waals surface area contributed by atoms with Gasteiger partial charge in [0.2, 0.25) is 0 Å². The van der Waals surface area contributed by atoms with E-state index < -0.39 is 5.91 Å². The summed E-state index contributed by atoms with van der Waals surface area (Å²) in [7, 11) is 1.83. The highest BCUT2D eigenvalue weighted by Gasteiger charge is 2.26. The molecule has 4 aromatic rings. The van der Waals surface area contributed by atoms with Gasteiger partial charge >= 0.3 is 0 Å². The predicted molar refractivity (Wildman–Crippen MR) is 134 cm³/mol. The Bertz CT molecular complexity index is 1300. The molecule has 0 aliphatic carbocycles. The van der Waals surface area contributed by atoms with Crippen molar-refractivity contribution < 1.29 is 4.79 Å². The number of aryl methyl sites for hydroxylation is 1. The fourth-order valence-electron chi connectivity index (χ4n) is 4.60. The molecule has 33 heavy (non-hydrogen) atoms. The second-order valence-electron chi connectivity index (χ2n) is 9.09. The molecule has 3 unspecified atom stereocenters. The van der Waals surface area contributed by atoms with Gasteiger partial charge in [-0.05, 0) is 71.4 Å². The first-order valence-electron chi connectivity index (χ1n) is 11.4. The van der Waals surface area contributed by atoms with Crippen LogP contribution in [0.4, 0.5) is 0 Å². The van der Waals surface area contributed by atoms with Crippen molar-refractivity contribution in [2.24, 2.45) is 12.8 Å². The van der Waals surface area contributed by atoms with E-state index in [0.29, 0.717) is 17.5 Å². The van der Waals surface area contributed by atoms with Crippen molar-refractivity contribution in [1.82, 2.24) is 19.6 Å². The quantitative estimate of drug-likeness (QED) is 0.430. The first kappa shape index (κ1) is 21.8. The molecule has 5 rings (SSSR count). The lowest BCUT2D eigenvalue weighted by atomic mass is 9.92. The average molecular weight is 460 g/mol. The molecule has 2 N–H and O–H groups in total. The van der Waals surface area contributed by atoms with Crippen molar-refractivity contribution in [2.75, 3.05) is 5.75 Å². The minimum Gasteiger partial charge on any atom is -0.364 e. The third-order valence-electron chi connectivity index (χ3n) is 6.84. The summed E-state index contributed by atoms with van der Waals surface area (Å²) in [6.07, 6.45) is 6.38. The summed E-state index contributed by atoms with van der Waals surface area (Å²) in [6.45, 7) is 4.51. The molecule has 0 bridgehead atoms. The largest absolute Gasteiger partial charge is 0.364 e. The van der Waals surface area contributed by atoms with Crippen LogP contribution in [0.25, 0.3) is 16.6 Å². The van der Waals surface area contributed by atoms with Gasteiger partial charge < -0.3 is 5.73 Å². The second kappa shape index (κ2) is 8.71. The number of nitrogens with two attached hydrogens (primary N) is 1. The van der Waals surface area contributed by atoms with E-state index in [1.807, 2.05) is 30.1 Å². The third kappa shape index (κ3) is 4.17. The molecular formula is C26H29N5OS. The summed E-state index contributed by atoms with van der Waals surface area (Å²) in [5.74, 6) is 1.62. The molecule has 0 saturated carbocycles. The topological polar surface area (TPSA) is 78.7 Å². The zero-order valence-electron chi connectivity index (χ0n) is 19.2. The summed E-state index contributed by atoms with van der Waals surface area (Å²) in [5, 5.41) is 10.4. The van der Waals surface area contributed by atoms with Gasteiger partial charge in [0, 0.05) is 23.9 Å². The molecule has 3 atom stereocenters. The van der Waals surface area contributed by atoms with Crippen LogP contribution < -0.4 is 5.73 Å². The molecule has 0 radical (unpaired) electrons. The number of amides is 1. The number of fused-ring (bicyclic) bond motifs is 1. The number of carbonyl (C=O) groups excluding carboxylic acids is 1. The number of hydrogen-bond donors (Lipinski definition) is 1. The normalized spacial score (nSPS) is 17.6.